The molecule has 0 N–H and O–H groups in total. The van der Waals surface area contributed by atoms with Gasteiger partial charge < -0.3 is 14.7 Å². The summed E-state index contributed by atoms with van der Waals surface area (Å²) in [5, 5.41) is -0.254. The Hall–Kier alpha value is 1.74. The Bertz CT molecular complexity index is 319. The van der Waals surface area contributed by atoms with Crippen LogP contribution < -0.4 is 20.0 Å². The molecule has 0 fully saturated rings. The molecule has 0 aliphatic heterocycles. The summed E-state index contributed by atoms with van der Waals surface area (Å²) in [6.45, 7) is 0. The molecule has 0 spiro atoms. The molecular formula is C6H2Br3MgO3P. The largest absolute Gasteiger partial charge is 2.00 e. The molecule has 0 unspecified atom stereocenters. The van der Waals surface area contributed by atoms with E-state index in [1.807, 2.05) is 0 Å². The smallest absolute Gasteiger partial charge is 0.683 e. The molecule has 0 heterocycles. The third-order valence-corrected chi connectivity index (χ3v) is 4.61. The summed E-state index contributed by atoms with van der Waals surface area (Å²) in [6.07, 6.45) is 0. The zero-order valence-electron chi connectivity index (χ0n) is 6.67. The first-order valence-electron chi connectivity index (χ1n) is 2.99. The van der Waals surface area contributed by atoms with Gasteiger partial charge in [0, 0.05) is 4.47 Å². The molecular weight excluding hydrogens is 415 g/mol. The van der Waals surface area contributed by atoms with Crippen LogP contribution in [-0.4, -0.2) is 23.1 Å². The number of halogens is 3. The van der Waals surface area contributed by atoms with Crippen LogP contribution in [0.25, 0.3) is 0 Å². The van der Waals surface area contributed by atoms with Crippen molar-refractivity contribution in [2.24, 2.45) is 0 Å². The second kappa shape index (κ2) is 5.89. The maximum Gasteiger partial charge on any atom is 2.00 e. The van der Waals surface area contributed by atoms with Gasteiger partial charge in [0.15, 0.2) is 0 Å². The summed E-state index contributed by atoms with van der Waals surface area (Å²) >= 11 is 9.16. The molecule has 14 heavy (non-hydrogen) atoms. The Morgan fingerprint density at radius 3 is 1.57 bits per heavy atom. The molecule has 0 aliphatic carbocycles. The van der Waals surface area contributed by atoms with Crippen molar-refractivity contribution in [3.63, 3.8) is 0 Å². The molecule has 0 saturated carbocycles. The zero-order valence-corrected chi connectivity index (χ0v) is 13.7. The van der Waals surface area contributed by atoms with Gasteiger partial charge in [0.05, 0.1) is 8.95 Å². The minimum atomic E-state index is -4.73. The standard InChI is InChI=1S/C6H4Br3O3P.Mg/c7-3-1-4(8)6(5(9)2-3)13(10,11)12;/h1-2H,(H2,10,11,12);/q;+2/p-2. The molecule has 0 aromatic heterocycles. The fraction of sp³-hybridized carbons (Fsp3) is 0. The number of rotatable bonds is 1. The average molecular weight is 417 g/mol. The third kappa shape index (κ3) is 3.95. The van der Waals surface area contributed by atoms with Crippen molar-refractivity contribution in [2.75, 3.05) is 0 Å². The zero-order chi connectivity index (χ0) is 10.2. The minimum Gasteiger partial charge on any atom is -0.683 e. The first-order chi connectivity index (χ1) is 5.82. The molecule has 0 atom stereocenters. The first-order valence-corrected chi connectivity index (χ1v) is 6.91. The Morgan fingerprint density at radius 1 is 0.929 bits per heavy atom. The van der Waals surface area contributed by atoms with E-state index < -0.39 is 7.94 Å². The SMILES string of the molecule is [Mg+2].[O-][P+]([O-])([O-])c1c(Br)cc(Br)cc1Br. The predicted octanol–water partition coefficient (Wildman–Crippen LogP) is 0.0621. The molecule has 8 heteroatoms. The molecule has 0 saturated heterocycles. The van der Waals surface area contributed by atoms with Gasteiger partial charge in [-0.05, 0) is 44.0 Å². The van der Waals surface area contributed by atoms with E-state index in [-0.39, 0.29) is 37.3 Å². The Labute approximate surface area is 123 Å². The number of benzene rings is 1. The molecule has 0 aliphatic rings. The van der Waals surface area contributed by atoms with Crippen molar-refractivity contribution in [2.45, 2.75) is 0 Å². The Balaban J connectivity index is 0.00000169. The van der Waals surface area contributed by atoms with Crippen molar-refractivity contribution in [3.05, 3.63) is 25.6 Å². The van der Waals surface area contributed by atoms with E-state index in [4.69, 9.17) is 0 Å². The number of hydrogen-bond acceptors (Lipinski definition) is 3. The van der Waals surface area contributed by atoms with Gasteiger partial charge in [0.2, 0.25) is 0 Å². The molecule has 1 aromatic rings. The topological polar surface area (TPSA) is 69.2 Å². The van der Waals surface area contributed by atoms with Crippen molar-refractivity contribution in [1.82, 2.24) is 0 Å². The van der Waals surface area contributed by atoms with E-state index in [2.05, 4.69) is 47.8 Å². The van der Waals surface area contributed by atoms with Crippen LogP contribution in [0.3, 0.4) is 0 Å². The third-order valence-electron chi connectivity index (χ3n) is 1.26. The molecule has 3 nitrogen and oxygen atoms in total. The molecule has 1 aromatic carbocycles. The summed E-state index contributed by atoms with van der Waals surface area (Å²) < 4.78 is 1.19. The van der Waals surface area contributed by atoms with Crippen LogP contribution in [0.2, 0.25) is 0 Å². The van der Waals surface area contributed by atoms with E-state index >= 15 is 0 Å². The van der Waals surface area contributed by atoms with Gasteiger partial charge in [-0.15, -0.1) is 7.94 Å². The quantitative estimate of drug-likeness (QED) is 0.480. The molecule has 1 rings (SSSR count). The average Bonchev–Trinajstić information content (AvgIpc) is 1.78. The summed E-state index contributed by atoms with van der Waals surface area (Å²) in [7, 11) is -4.73. The van der Waals surface area contributed by atoms with Crippen molar-refractivity contribution >= 4 is 84.1 Å². The van der Waals surface area contributed by atoms with Crippen molar-refractivity contribution in [1.29, 1.82) is 0 Å². The Morgan fingerprint density at radius 2 is 1.29 bits per heavy atom. The van der Waals surface area contributed by atoms with E-state index in [1.165, 1.54) is 12.1 Å². The summed E-state index contributed by atoms with van der Waals surface area (Å²) in [5.41, 5.74) is 0. The monoisotopic (exact) mass is 414 g/mol. The second-order valence-corrected chi connectivity index (χ2v) is 6.28. The van der Waals surface area contributed by atoms with Crippen molar-refractivity contribution in [3.8, 4) is 0 Å². The van der Waals surface area contributed by atoms with Crippen LogP contribution in [0.4, 0.5) is 0 Å². The molecule has 0 bridgehead atoms. The molecule has 72 valence electrons. The van der Waals surface area contributed by atoms with Gasteiger partial charge in [-0.2, -0.15) is 0 Å². The van der Waals surface area contributed by atoms with E-state index in [0.29, 0.717) is 4.47 Å². The van der Waals surface area contributed by atoms with Crippen LogP contribution >= 0.6 is 55.7 Å². The minimum absolute atomic E-state index is 0. The van der Waals surface area contributed by atoms with Gasteiger partial charge in [0.1, 0.15) is 5.30 Å². The van der Waals surface area contributed by atoms with Gasteiger partial charge in [-0.3, -0.25) is 0 Å². The molecule has 0 radical (unpaired) electrons. The summed E-state index contributed by atoms with van der Waals surface area (Å²) in [6, 6.07) is 3.01. The van der Waals surface area contributed by atoms with Crippen LogP contribution in [0.1, 0.15) is 0 Å². The fourth-order valence-electron chi connectivity index (χ4n) is 0.796. The van der Waals surface area contributed by atoms with Gasteiger partial charge in [-0.1, -0.05) is 15.9 Å². The maximum absolute atomic E-state index is 10.8. The van der Waals surface area contributed by atoms with Gasteiger partial charge >= 0.3 is 23.1 Å². The first kappa shape index (κ1) is 15.7. The molecule has 0 amide bonds. The fourth-order valence-corrected chi connectivity index (χ4v) is 5.01. The van der Waals surface area contributed by atoms with Crippen LogP contribution in [0.15, 0.2) is 25.6 Å². The Kier molecular flexibility index (Phi) is 6.61. The van der Waals surface area contributed by atoms with Crippen LogP contribution in [0.5, 0.6) is 0 Å². The van der Waals surface area contributed by atoms with Crippen LogP contribution in [-0.2, 0) is 0 Å². The number of hydrogen-bond donors (Lipinski definition) is 0. The van der Waals surface area contributed by atoms with Gasteiger partial charge in [0.25, 0.3) is 0 Å². The van der Waals surface area contributed by atoms with E-state index in [9.17, 15) is 14.7 Å². The van der Waals surface area contributed by atoms with Gasteiger partial charge in [-0.25, -0.2) is 0 Å². The van der Waals surface area contributed by atoms with Crippen molar-refractivity contribution < 1.29 is 14.7 Å². The maximum atomic E-state index is 10.8. The van der Waals surface area contributed by atoms with E-state index in [1.54, 1.807) is 0 Å². The summed E-state index contributed by atoms with van der Waals surface area (Å²) in [4.78, 5) is 32.3. The second-order valence-electron chi connectivity index (χ2n) is 2.22. The normalized spacial score (nSPS) is 11.0. The predicted molar refractivity (Wildman–Crippen MR) is 61.9 cm³/mol. The van der Waals surface area contributed by atoms with Crippen LogP contribution in [0, 0.1) is 0 Å². The van der Waals surface area contributed by atoms with E-state index in [0.717, 1.165) is 0 Å². The summed E-state index contributed by atoms with van der Waals surface area (Å²) in [5.74, 6) is 0.